The maximum absolute atomic E-state index is 11.0. The SMILES string of the molecule is C[C@H]1CCCN(c2ncnc(N)c2[N+](=O)[O-])C1. The maximum atomic E-state index is 11.0. The van der Waals surface area contributed by atoms with Crippen LogP contribution in [0.4, 0.5) is 17.3 Å². The van der Waals surface area contributed by atoms with Crippen LogP contribution in [0.25, 0.3) is 0 Å². The van der Waals surface area contributed by atoms with E-state index in [1.54, 1.807) is 0 Å². The van der Waals surface area contributed by atoms with Gasteiger partial charge in [-0.1, -0.05) is 6.92 Å². The first-order valence-corrected chi connectivity index (χ1v) is 5.59. The third-order valence-corrected chi connectivity index (χ3v) is 2.97. The molecule has 17 heavy (non-hydrogen) atoms. The lowest BCUT2D eigenvalue weighted by Crippen LogP contribution is -2.35. The van der Waals surface area contributed by atoms with Crippen molar-refractivity contribution in [3.63, 3.8) is 0 Å². The van der Waals surface area contributed by atoms with Gasteiger partial charge in [-0.2, -0.15) is 0 Å². The third kappa shape index (κ3) is 2.27. The van der Waals surface area contributed by atoms with Crippen LogP contribution < -0.4 is 10.6 Å². The number of nitrogens with zero attached hydrogens (tertiary/aromatic N) is 4. The van der Waals surface area contributed by atoms with Crippen molar-refractivity contribution in [1.29, 1.82) is 0 Å². The van der Waals surface area contributed by atoms with Crippen LogP contribution in [0, 0.1) is 16.0 Å². The van der Waals surface area contributed by atoms with Crippen molar-refractivity contribution in [2.75, 3.05) is 23.7 Å². The van der Waals surface area contributed by atoms with Crippen LogP contribution in [-0.2, 0) is 0 Å². The van der Waals surface area contributed by atoms with E-state index in [0.29, 0.717) is 11.7 Å². The maximum Gasteiger partial charge on any atom is 0.353 e. The summed E-state index contributed by atoms with van der Waals surface area (Å²) in [6.45, 7) is 3.68. The van der Waals surface area contributed by atoms with Crippen LogP contribution in [0.5, 0.6) is 0 Å². The van der Waals surface area contributed by atoms with Crippen LogP contribution in [0.2, 0.25) is 0 Å². The van der Waals surface area contributed by atoms with Gasteiger partial charge in [-0.25, -0.2) is 9.97 Å². The number of nitrogens with two attached hydrogens (primary N) is 1. The first kappa shape index (κ1) is 11.6. The molecular weight excluding hydrogens is 222 g/mol. The van der Waals surface area contributed by atoms with Gasteiger partial charge in [-0.3, -0.25) is 10.1 Å². The highest BCUT2D eigenvalue weighted by Crippen LogP contribution is 2.32. The molecule has 0 radical (unpaired) electrons. The molecular formula is C10H15N5O2. The quantitative estimate of drug-likeness (QED) is 0.613. The highest BCUT2D eigenvalue weighted by molar-refractivity contribution is 5.68. The number of rotatable bonds is 2. The molecule has 92 valence electrons. The fraction of sp³-hybridized carbons (Fsp3) is 0.600. The van der Waals surface area contributed by atoms with E-state index in [1.165, 1.54) is 6.33 Å². The molecule has 2 N–H and O–H groups in total. The topological polar surface area (TPSA) is 98.2 Å². The summed E-state index contributed by atoms with van der Waals surface area (Å²) >= 11 is 0. The summed E-state index contributed by atoms with van der Waals surface area (Å²) in [5, 5.41) is 11.0. The summed E-state index contributed by atoms with van der Waals surface area (Å²) in [6, 6.07) is 0. The molecule has 0 aromatic carbocycles. The molecule has 1 aliphatic heterocycles. The van der Waals surface area contributed by atoms with Crippen molar-refractivity contribution >= 4 is 17.3 Å². The molecule has 1 aromatic rings. The predicted molar refractivity (Wildman–Crippen MR) is 63.7 cm³/mol. The lowest BCUT2D eigenvalue weighted by molar-refractivity contribution is -0.383. The number of aromatic nitrogens is 2. The van der Waals surface area contributed by atoms with Crippen LogP contribution >= 0.6 is 0 Å². The Balaban J connectivity index is 2.37. The third-order valence-electron chi connectivity index (χ3n) is 2.97. The van der Waals surface area contributed by atoms with E-state index in [1.807, 2.05) is 4.90 Å². The Bertz CT molecular complexity index is 437. The van der Waals surface area contributed by atoms with E-state index in [2.05, 4.69) is 16.9 Å². The molecule has 0 bridgehead atoms. The largest absolute Gasteiger partial charge is 0.378 e. The molecule has 2 rings (SSSR count). The number of hydrogen-bond acceptors (Lipinski definition) is 6. The summed E-state index contributed by atoms with van der Waals surface area (Å²) in [7, 11) is 0. The van der Waals surface area contributed by atoms with Gasteiger partial charge in [0, 0.05) is 13.1 Å². The molecule has 0 saturated carbocycles. The van der Waals surface area contributed by atoms with E-state index < -0.39 is 4.92 Å². The van der Waals surface area contributed by atoms with Gasteiger partial charge in [0.2, 0.25) is 11.6 Å². The zero-order chi connectivity index (χ0) is 12.4. The second kappa shape index (κ2) is 4.52. The first-order chi connectivity index (χ1) is 8.09. The van der Waals surface area contributed by atoms with E-state index in [-0.39, 0.29) is 11.5 Å². The summed E-state index contributed by atoms with van der Waals surface area (Å²) in [4.78, 5) is 20.1. The molecule has 0 amide bonds. The number of piperidine rings is 1. The zero-order valence-corrected chi connectivity index (χ0v) is 9.67. The molecule has 1 atom stereocenters. The summed E-state index contributed by atoms with van der Waals surface area (Å²) in [5.74, 6) is 0.784. The van der Waals surface area contributed by atoms with E-state index >= 15 is 0 Å². The second-order valence-corrected chi connectivity index (χ2v) is 4.38. The van der Waals surface area contributed by atoms with Gasteiger partial charge < -0.3 is 10.6 Å². The number of hydrogen-bond donors (Lipinski definition) is 1. The van der Waals surface area contributed by atoms with Gasteiger partial charge in [0.05, 0.1) is 4.92 Å². The van der Waals surface area contributed by atoms with Crippen LogP contribution in [0.15, 0.2) is 6.33 Å². The van der Waals surface area contributed by atoms with Gasteiger partial charge in [0.1, 0.15) is 6.33 Å². The van der Waals surface area contributed by atoms with Crippen molar-refractivity contribution < 1.29 is 4.92 Å². The van der Waals surface area contributed by atoms with Gasteiger partial charge in [0.25, 0.3) is 0 Å². The Labute approximate surface area is 98.8 Å². The molecule has 1 aliphatic rings. The van der Waals surface area contributed by atoms with Crippen molar-refractivity contribution in [3.05, 3.63) is 16.4 Å². The Morgan fingerprint density at radius 2 is 2.35 bits per heavy atom. The first-order valence-electron chi connectivity index (χ1n) is 5.59. The van der Waals surface area contributed by atoms with Gasteiger partial charge >= 0.3 is 5.69 Å². The molecule has 0 aliphatic carbocycles. The van der Waals surface area contributed by atoms with Gasteiger partial charge in [-0.05, 0) is 18.8 Å². The average molecular weight is 237 g/mol. The van der Waals surface area contributed by atoms with E-state index in [0.717, 1.165) is 25.9 Å². The Kier molecular flexibility index (Phi) is 3.08. The second-order valence-electron chi connectivity index (χ2n) is 4.38. The number of nitrogen functional groups attached to an aromatic ring is 1. The monoisotopic (exact) mass is 237 g/mol. The lowest BCUT2D eigenvalue weighted by Gasteiger charge is -2.31. The minimum absolute atomic E-state index is 0.0711. The van der Waals surface area contributed by atoms with E-state index in [4.69, 9.17) is 5.73 Å². The molecule has 7 heteroatoms. The predicted octanol–water partition coefficient (Wildman–Crippen LogP) is 1.20. The molecule has 1 fully saturated rings. The molecule has 0 spiro atoms. The highest BCUT2D eigenvalue weighted by atomic mass is 16.6. The molecule has 1 saturated heterocycles. The standard InChI is InChI=1S/C10H15N5O2/c1-7-3-2-4-14(5-7)10-8(15(16)17)9(11)12-6-13-10/h6-7H,2-5H2,1H3,(H2,11,12,13)/t7-/m0/s1. The molecule has 1 aromatic heterocycles. The van der Waals surface area contributed by atoms with Crippen molar-refractivity contribution in [3.8, 4) is 0 Å². The average Bonchev–Trinajstić information content (AvgIpc) is 2.28. The Morgan fingerprint density at radius 1 is 1.59 bits per heavy atom. The smallest absolute Gasteiger partial charge is 0.353 e. The molecule has 2 heterocycles. The summed E-state index contributed by atoms with van der Waals surface area (Å²) < 4.78 is 0. The fourth-order valence-corrected chi connectivity index (χ4v) is 2.17. The number of nitro groups is 1. The highest BCUT2D eigenvalue weighted by Gasteiger charge is 2.27. The van der Waals surface area contributed by atoms with Gasteiger partial charge in [0.15, 0.2) is 0 Å². The van der Waals surface area contributed by atoms with E-state index in [9.17, 15) is 10.1 Å². The fourth-order valence-electron chi connectivity index (χ4n) is 2.17. The normalized spacial score (nSPS) is 20.3. The van der Waals surface area contributed by atoms with Crippen LogP contribution in [0.1, 0.15) is 19.8 Å². The van der Waals surface area contributed by atoms with Crippen molar-refractivity contribution in [1.82, 2.24) is 9.97 Å². The van der Waals surface area contributed by atoms with Gasteiger partial charge in [-0.15, -0.1) is 0 Å². The van der Waals surface area contributed by atoms with Crippen LogP contribution in [0.3, 0.4) is 0 Å². The Hall–Kier alpha value is -1.92. The minimum atomic E-state index is -0.510. The summed E-state index contributed by atoms with van der Waals surface area (Å²) in [5.41, 5.74) is 5.37. The molecule has 7 nitrogen and oxygen atoms in total. The zero-order valence-electron chi connectivity index (χ0n) is 9.67. The van der Waals surface area contributed by atoms with Crippen molar-refractivity contribution in [2.24, 2.45) is 5.92 Å². The number of anilines is 2. The summed E-state index contributed by atoms with van der Waals surface area (Å²) in [6.07, 6.45) is 3.43. The van der Waals surface area contributed by atoms with Crippen molar-refractivity contribution in [2.45, 2.75) is 19.8 Å². The molecule has 0 unspecified atom stereocenters. The Morgan fingerprint density at radius 3 is 3.00 bits per heavy atom. The minimum Gasteiger partial charge on any atom is -0.378 e. The lowest BCUT2D eigenvalue weighted by atomic mass is 10.0. The van der Waals surface area contributed by atoms with Crippen LogP contribution in [-0.4, -0.2) is 28.0 Å².